The number of halogens is 1. The summed E-state index contributed by atoms with van der Waals surface area (Å²) in [6.07, 6.45) is 5.40. The third kappa shape index (κ3) is 5.04. The van der Waals surface area contributed by atoms with Crippen molar-refractivity contribution < 1.29 is 4.79 Å². The molecule has 1 amide bonds. The Kier molecular flexibility index (Phi) is 6.82. The van der Waals surface area contributed by atoms with Crippen LogP contribution in [0.4, 0.5) is 0 Å². The SMILES string of the molecule is Cc1nc2nc(SCC(=O)N[C@H]3CCCC[C@H]3C)nn2c(C)c1Cc1ccccc1Cl. The molecule has 0 saturated heterocycles. The molecule has 1 saturated carbocycles. The molecule has 4 rings (SSSR count). The van der Waals surface area contributed by atoms with Gasteiger partial charge >= 0.3 is 0 Å². The van der Waals surface area contributed by atoms with Crippen LogP contribution in [0.25, 0.3) is 5.78 Å². The predicted molar refractivity (Wildman–Crippen MR) is 125 cm³/mol. The molecule has 8 heteroatoms. The van der Waals surface area contributed by atoms with Gasteiger partial charge in [0.05, 0.1) is 5.75 Å². The number of benzene rings is 1. The highest BCUT2D eigenvalue weighted by Gasteiger charge is 2.23. The molecule has 1 aliphatic carbocycles. The summed E-state index contributed by atoms with van der Waals surface area (Å²) in [7, 11) is 0. The maximum absolute atomic E-state index is 12.4. The van der Waals surface area contributed by atoms with Crippen molar-refractivity contribution >= 4 is 35.0 Å². The molecule has 0 bridgehead atoms. The molecule has 31 heavy (non-hydrogen) atoms. The molecule has 3 aromatic rings. The molecule has 164 valence electrons. The second-order valence-electron chi connectivity index (χ2n) is 8.36. The van der Waals surface area contributed by atoms with Gasteiger partial charge in [0.1, 0.15) is 0 Å². The lowest BCUT2D eigenvalue weighted by Gasteiger charge is -2.29. The van der Waals surface area contributed by atoms with Crippen LogP contribution in [0.1, 0.15) is 55.1 Å². The number of carbonyl (C=O) groups is 1. The second-order valence-corrected chi connectivity index (χ2v) is 9.71. The van der Waals surface area contributed by atoms with Gasteiger partial charge in [-0.2, -0.15) is 4.98 Å². The monoisotopic (exact) mass is 457 g/mol. The number of hydrogen-bond acceptors (Lipinski definition) is 5. The van der Waals surface area contributed by atoms with Crippen LogP contribution >= 0.6 is 23.4 Å². The number of carbonyl (C=O) groups excluding carboxylic acids is 1. The summed E-state index contributed by atoms with van der Waals surface area (Å²) >= 11 is 7.71. The summed E-state index contributed by atoms with van der Waals surface area (Å²) in [6.45, 7) is 6.23. The van der Waals surface area contributed by atoms with Crippen LogP contribution in [0.5, 0.6) is 0 Å². The second kappa shape index (κ2) is 9.57. The predicted octanol–water partition coefficient (Wildman–Crippen LogP) is 4.77. The fraction of sp³-hybridized carbons (Fsp3) is 0.478. The van der Waals surface area contributed by atoms with Crippen LogP contribution in [0.3, 0.4) is 0 Å². The van der Waals surface area contributed by atoms with Crippen molar-refractivity contribution in [2.24, 2.45) is 5.92 Å². The van der Waals surface area contributed by atoms with Crippen LogP contribution in [0.2, 0.25) is 5.02 Å². The first-order valence-corrected chi connectivity index (χ1v) is 12.2. The first-order chi connectivity index (χ1) is 14.9. The Morgan fingerprint density at radius 1 is 1.23 bits per heavy atom. The van der Waals surface area contributed by atoms with Crippen molar-refractivity contribution in [3.8, 4) is 0 Å². The zero-order chi connectivity index (χ0) is 22.0. The minimum absolute atomic E-state index is 0.0443. The van der Waals surface area contributed by atoms with Gasteiger partial charge in [0.2, 0.25) is 11.1 Å². The van der Waals surface area contributed by atoms with Crippen LogP contribution < -0.4 is 5.32 Å². The van der Waals surface area contributed by atoms with Gasteiger partial charge in [-0.3, -0.25) is 4.79 Å². The minimum atomic E-state index is 0.0443. The number of fused-ring (bicyclic) bond motifs is 1. The zero-order valence-corrected chi connectivity index (χ0v) is 19.8. The van der Waals surface area contributed by atoms with Crippen molar-refractivity contribution in [1.82, 2.24) is 24.9 Å². The Morgan fingerprint density at radius 3 is 2.77 bits per heavy atom. The van der Waals surface area contributed by atoms with Gasteiger partial charge < -0.3 is 5.32 Å². The summed E-state index contributed by atoms with van der Waals surface area (Å²) in [5.41, 5.74) is 4.05. The van der Waals surface area contributed by atoms with Crippen LogP contribution in [0, 0.1) is 19.8 Å². The van der Waals surface area contributed by atoms with E-state index >= 15 is 0 Å². The first-order valence-electron chi connectivity index (χ1n) is 10.8. The number of thioether (sulfide) groups is 1. The van der Waals surface area contributed by atoms with Crippen LogP contribution in [-0.4, -0.2) is 37.3 Å². The lowest BCUT2D eigenvalue weighted by Crippen LogP contribution is -2.41. The summed E-state index contributed by atoms with van der Waals surface area (Å²) < 4.78 is 1.77. The normalized spacial score (nSPS) is 19.0. The maximum Gasteiger partial charge on any atom is 0.253 e. The van der Waals surface area contributed by atoms with Crippen LogP contribution in [0.15, 0.2) is 29.4 Å². The molecule has 0 aliphatic heterocycles. The fourth-order valence-corrected chi connectivity index (χ4v) is 5.08. The number of nitrogens with zero attached hydrogens (tertiary/aromatic N) is 4. The molecular formula is C23H28ClN5OS. The van der Waals surface area contributed by atoms with E-state index in [9.17, 15) is 4.79 Å². The van der Waals surface area contributed by atoms with Crippen molar-refractivity contribution in [3.05, 3.63) is 51.8 Å². The number of aryl methyl sites for hydroxylation is 2. The summed E-state index contributed by atoms with van der Waals surface area (Å²) in [4.78, 5) is 21.6. The third-order valence-corrected chi connectivity index (χ3v) is 7.35. The fourth-order valence-electron chi connectivity index (χ4n) is 4.25. The molecule has 0 spiro atoms. The molecule has 6 nitrogen and oxygen atoms in total. The van der Waals surface area contributed by atoms with E-state index in [4.69, 9.17) is 11.6 Å². The van der Waals surface area contributed by atoms with E-state index in [-0.39, 0.29) is 11.9 Å². The van der Waals surface area contributed by atoms with E-state index in [0.717, 1.165) is 34.0 Å². The third-order valence-electron chi connectivity index (χ3n) is 6.14. The molecule has 1 aromatic carbocycles. The smallest absolute Gasteiger partial charge is 0.253 e. The highest BCUT2D eigenvalue weighted by atomic mass is 35.5. The molecule has 0 unspecified atom stereocenters. The summed E-state index contributed by atoms with van der Waals surface area (Å²) in [5, 5.41) is 9.10. The minimum Gasteiger partial charge on any atom is -0.352 e. The van der Waals surface area contributed by atoms with E-state index in [0.29, 0.717) is 29.0 Å². The van der Waals surface area contributed by atoms with Crippen LogP contribution in [-0.2, 0) is 11.2 Å². The number of hydrogen-bond donors (Lipinski definition) is 1. The van der Waals surface area contributed by atoms with E-state index in [2.05, 4.69) is 27.3 Å². The standard InChI is InChI=1S/C23H28ClN5OS/c1-14-8-4-7-11-20(14)26-21(30)13-31-23-27-22-25-15(2)18(16(3)29(22)28-23)12-17-9-5-6-10-19(17)24/h5-6,9-10,14,20H,4,7-8,11-13H2,1-3H3,(H,26,30)/t14-,20+/m1/s1. The number of rotatable bonds is 6. The van der Waals surface area contributed by atoms with E-state index in [1.54, 1.807) is 4.52 Å². The molecule has 2 aromatic heterocycles. The Balaban J connectivity index is 1.47. The molecule has 2 atom stereocenters. The largest absolute Gasteiger partial charge is 0.352 e. The number of aromatic nitrogens is 4. The van der Waals surface area contributed by atoms with Gasteiger partial charge in [-0.15, -0.1) is 5.10 Å². The zero-order valence-electron chi connectivity index (χ0n) is 18.2. The van der Waals surface area contributed by atoms with Gasteiger partial charge in [0.15, 0.2) is 0 Å². The summed E-state index contributed by atoms with van der Waals surface area (Å²) in [5.74, 6) is 1.46. The Labute approximate surface area is 192 Å². The van der Waals surface area contributed by atoms with Gasteiger partial charge in [0, 0.05) is 28.9 Å². The van der Waals surface area contributed by atoms with E-state index < -0.39 is 0 Å². The first kappa shape index (κ1) is 22.1. The van der Waals surface area contributed by atoms with Gasteiger partial charge in [0.25, 0.3) is 5.78 Å². The molecule has 1 N–H and O–H groups in total. The Morgan fingerprint density at radius 2 is 2.00 bits per heavy atom. The average molecular weight is 458 g/mol. The maximum atomic E-state index is 12.4. The highest BCUT2D eigenvalue weighted by molar-refractivity contribution is 7.99. The highest BCUT2D eigenvalue weighted by Crippen LogP contribution is 2.25. The van der Waals surface area contributed by atoms with Gasteiger partial charge in [-0.25, -0.2) is 9.50 Å². The Bertz CT molecular complexity index is 1100. The Hall–Kier alpha value is -2.12. The number of nitrogens with one attached hydrogen (secondary N) is 1. The van der Waals surface area contributed by atoms with E-state index in [1.807, 2.05) is 38.1 Å². The van der Waals surface area contributed by atoms with Crippen molar-refractivity contribution in [2.75, 3.05) is 5.75 Å². The lowest BCUT2D eigenvalue weighted by molar-refractivity contribution is -0.119. The molecule has 0 radical (unpaired) electrons. The average Bonchev–Trinajstić information content (AvgIpc) is 3.15. The number of amides is 1. The molecule has 1 aliphatic rings. The summed E-state index contributed by atoms with van der Waals surface area (Å²) in [6, 6.07) is 8.13. The van der Waals surface area contributed by atoms with Crippen molar-refractivity contribution in [2.45, 2.75) is 64.1 Å². The quantitative estimate of drug-likeness (QED) is 0.539. The van der Waals surface area contributed by atoms with Crippen molar-refractivity contribution in [1.29, 1.82) is 0 Å². The lowest BCUT2D eigenvalue weighted by atomic mass is 9.86. The van der Waals surface area contributed by atoms with Gasteiger partial charge in [-0.1, -0.05) is 61.3 Å². The molecule has 1 fully saturated rings. The van der Waals surface area contributed by atoms with Gasteiger partial charge in [-0.05, 0) is 49.8 Å². The van der Waals surface area contributed by atoms with E-state index in [1.165, 1.54) is 31.0 Å². The molecule has 2 heterocycles. The molecular weight excluding hydrogens is 430 g/mol. The topological polar surface area (TPSA) is 72.2 Å². The van der Waals surface area contributed by atoms with Crippen molar-refractivity contribution in [3.63, 3.8) is 0 Å².